The smallest absolute Gasteiger partial charge is 0.245 e. The van der Waals surface area contributed by atoms with Crippen LogP contribution in [0.2, 0.25) is 0 Å². The van der Waals surface area contributed by atoms with Gasteiger partial charge in [-0.25, -0.2) is 0 Å². The summed E-state index contributed by atoms with van der Waals surface area (Å²) in [4.78, 5) is 14.0. The predicted molar refractivity (Wildman–Crippen MR) is 58.7 cm³/mol. The van der Waals surface area contributed by atoms with Crippen molar-refractivity contribution >= 4 is 5.91 Å². The van der Waals surface area contributed by atoms with Gasteiger partial charge in [0.05, 0.1) is 19.3 Å². The number of ether oxygens (including phenoxy) is 1. The molecular formula is C11H20N2O3. The molecule has 3 unspecified atom stereocenters. The van der Waals surface area contributed by atoms with Crippen LogP contribution in [0.15, 0.2) is 0 Å². The maximum absolute atomic E-state index is 12.3. The van der Waals surface area contributed by atoms with Crippen molar-refractivity contribution in [2.45, 2.75) is 31.3 Å². The van der Waals surface area contributed by atoms with Crippen molar-refractivity contribution in [3.63, 3.8) is 0 Å². The quantitative estimate of drug-likeness (QED) is 0.657. The lowest BCUT2D eigenvalue weighted by Crippen LogP contribution is -2.57. The molecule has 2 aliphatic heterocycles. The van der Waals surface area contributed by atoms with Gasteiger partial charge in [-0.3, -0.25) is 4.79 Å². The molecule has 1 amide bonds. The topological polar surface area (TPSA) is 75.8 Å². The highest BCUT2D eigenvalue weighted by Crippen LogP contribution is 2.28. The van der Waals surface area contributed by atoms with Gasteiger partial charge in [-0.15, -0.1) is 0 Å². The van der Waals surface area contributed by atoms with Crippen LogP contribution in [-0.4, -0.2) is 53.9 Å². The van der Waals surface area contributed by atoms with Gasteiger partial charge in [-0.1, -0.05) is 6.92 Å². The van der Waals surface area contributed by atoms with Crippen LogP contribution in [0.4, 0.5) is 0 Å². The van der Waals surface area contributed by atoms with E-state index < -0.39 is 5.54 Å². The SMILES string of the molecule is CC1CCN(C(=O)C2(N)CCOC2)C1CO. The highest BCUT2D eigenvalue weighted by atomic mass is 16.5. The summed E-state index contributed by atoms with van der Waals surface area (Å²) in [7, 11) is 0. The Balaban J connectivity index is 2.09. The summed E-state index contributed by atoms with van der Waals surface area (Å²) in [6.07, 6.45) is 1.52. The van der Waals surface area contributed by atoms with Gasteiger partial charge in [0.15, 0.2) is 0 Å². The normalized spacial score (nSPS) is 39.3. The van der Waals surface area contributed by atoms with Crippen molar-refractivity contribution in [3.8, 4) is 0 Å². The predicted octanol–water partition coefficient (Wildman–Crippen LogP) is -0.666. The van der Waals surface area contributed by atoms with Crippen LogP contribution in [0.3, 0.4) is 0 Å². The highest BCUT2D eigenvalue weighted by molar-refractivity contribution is 5.87. The Morgan fingerprint density at radius 1 is 1.69 bits per heavy atom. The second-order valence-electron chi connectivity index (χ2n) is 4.97. The van der Waals surface area contributed by atoms with Gasteiger partial charge >= 0.3 is 0 Å². The number of likely N-dealkylation sites (tertiary alicyclic amines) is 1. The zero-order chi connectivity index (χ0) is 11.8. The minimum absolute atomic E-state index is 0.0177. The summed E-state index contributed by atoms with van der Waals surface area (Å²) in [5, 5.41) is 9.32. The molecule has 0 aliphatic carbocycles. The van der Waals surface area contributed by atoms with Crippen LogP contribution < -0.4 is 5.73 Å². The molecule has 3 atom stereocenters. The standard InChI is InChI=1S/C11H20N2O3/c1-8-2-4-13(9(8)6-14)10(15)11(12)3-5-16-7-11/h8-9,14H,2-7,12H2,1H3. The summed E-state index contributed by atoms with van der Waals surface area (Å²) >= 11 is 0. The molecule has 0 aromatic carbocycles. The molecule has 2 heterocycles. The van der Waals surface area contributed by atoms with Crippen molar-refractivity contribution in [1.82, 2.24) is 4.90 Å². The van der Waals surface area contributed by atoms with E-state index in [9.17, 15) is 9.90 Å². The largest absolute Gasteiger partial charge is 0.394 e. The fraction of sp³-hybridized carbons (Fsp3) is 0.909. The number of nitrogens with zero attached hydrogens (tertiary/aromatic N) is 1. The molecule has 16 heavy (non-hydrogen) atoms. The maximum atomic E-state index is 12.3. The number of rotatable bonds is 2. The average Bonchev–Trinajstić information content (AvgIpc) is 2.84. The van der Waals surface area contributed by atoms with Gasteiger partial charge in [-0.2, -0.15) is 0 Å². The number of hydrogen-bond donors (Lipinski definition) is 2. The van der Waals surface area contributed by atoms with Crippen LogP contribution in [0, 0.1) is 5.92 Å². The van der Waals surface area contributed by atoms with Crippen molar-refractivity contribution in [1.29, 1.82) is 0 Å². The first-order valence-corrected chi connectivity index (χ1v) is 5.87. The van der Waals surface area contributed by atoms with E-state index >= 15 is 0 Å². The van der Waals surface area contributed by atoms with Crippen molar-refractivity contribution in [2.75, 3.05) is 26.4 Å². The van der Waals surface area contributed by atoms with Crippen LogP contribution in [0.5, 0.6) is 0 Å². The molecule has 5 nitrogen and oxygen atoms in total. The van der Waals surface area contributed by atoms with Gasteiger partial charge in [0, 0.05) is 13.2 Å². The molecule has 0 aromatic rings. The Hall–Kier alpha value is -0.650. The second-order valence-corrected chi connectivity index (χ2v) is 4.97. The summed E-state index contributed by atoms with van der Waals surface area (Å²) in [6, 6.07) is -0.0754. The number of hydrogen-bond acceptors (Lipinski definition) is 4. The molecular weight excluding hydrogens is 208 g/mol. The summed E-state index contributed by atoms with van der Waals surface area (Å²) < 4.78 is 5.20. The molecule has 2 saturated heterocycles. The van der Waals surface area contributed by atoms with E-state index in [-0.39, 0.29) is 18.6 Å². The van der Waals surface area contributed by atoms with Gasteiger partial charge in [0.1, 0.15) is 5.54 Å². The minimum atomic E-state index is -0.864. The Bertz CT molecular complexity index is 276. The Morgan fingerprint density at radius 2 is 2.44 bits per heavy atom. The van der Waals surface area contributed by atoms with Gasteiger partial charge in [0.2, 0.25) is 5.91 Å². The van der Waals surface area contributed by atoms with Crippen molar-refractivity contribution in [2.24, 2.45) is 11.7 Å². The lowest BCUT2D eigenvalue weighted by Gasteiger charge is -2.32. The molecule has 2 aliphatic rings. The van der Waals surface area contributed by atoms with E-state index in [4.69, 9.17) is 10.5 Å². The monoisotopic (exact) mass is 228 g/mol. The van der Waals surface area contributed by atoms with E-state index in [1.807, 2.05) is 0 Å². The Morgan fingerprint density at radius 3 is 3.00 bits per heavy atom. The molecule has 0 aromatic heterocycles. The van der Waals surface area contributed by atoms with Gasteiger partial charge < -0.3 is 20.5 Å². The van der Waals surface area contributed by atoms with Crippen LogP contribution in [0.1, 0.15) is 19.8 Å². The first-order chi connectivity index (χ1) is 7.58. The van der Waals surface area contributed by atoms with E-state index in [0.29, 0.717) is 32.1 Å². The van der Waals surface area contributed by atoms with Crippen molar-refractivity contribution < 1.29 is 14.6 Å². The van der Waals surface area contributed by atoms with Crippen LogP contribution in [0.25, 0.3) is 0 Å². The highest BCUT2D eigenvalue weighted by Gasteiger charge is 2.45. The molecule has 2 fully saturated rings. The van der Waals surface area contributed by atoms with E-state index in [2.05, 4.69) is 6.92 Å². The minimum Gasteiger partial charge on any atom is -0.394 e. The lowest BCUT2D eigenvalue weighted by molar-refractivity contribution is -0.139. The zero-order valence-corrected chi connectivity index (χ0v) is 9.69. The van der Waals surface area contributed by atoms with Gasteiger partial charge in [-0.05, 0) is 18.8 Å². The van der Waals surface area contributed by atoms with Crippen LogP contribution in [-0.2, 0) is 9.53 Å². The fourth-order valence-electron chi connectivity index (χ4n) is 2.57. The maximum Gasteiger partial charge on any atom is 0.245 e. The van der Waals surface area contributed by atoms with E-state index in [1.165, 1.54) is 0 Å². The molecule has 0 saturated carbocycles. The van der Waals surface area contributed by atoms with Gasteiger partial charge in [0.25, 0.3) is 0 Å². The molecule has 92 valence electrons. The molecule has 5 heteroatoms. The molecule has 0 radical (unpaired) electrons. The zero-order valence-electron chi connectivity index (χ0n) is 9.69. The number of amides is 1. The first kappa shape index (κ1) is 11.8. The number of nitrogens with two attached hydrogens (primary N) is 1. The number of aliphatic hydroxyl groups excluding tert-OH is 1. The number of carbonyl (C=O) groups is 1. The second kappa shape index (κ2) is 4.31. The molecule has 2 rings (SSSR count). The average molecular weight is 228 g/mol. The van der Waals surface area contributed by atoms with Crippen molar-refractivity contribution in [3.05, 3.63) is 0 Å². The number of carbonyl (C=O) groups excluding carboxylic acids is 1. The summed E-state index contributed by atoms with van der Waals surface area (Å²) in [5.41, 5.74) is 5.18. The van der Waals surface area contributed by atoms with Crippen LogP contribution >= 0.6 is 0 Å². The number of aliphatic hydroxyl groups is 1. The molecule has 3 N–H and O–H groups in total. The lowest BCUT2D eigenvalue weighted by atomic mass is 9.97. The third-order valence-corrected chi connectivity index (χ3v) is 3.81. The molecule has 0 spiro atoms. The molecule has 0 bridgehead atoms. The van der Waals surface area contributed by atoms with E-state index in [1.54, 1.807) is 4.90 Å². The Labute approximate surface area is 95.5 Å². The Kier molecular flexibility index (Phi) is 3.19. The first-order valence-electron chi connectivity index (χ1n) is 5.87. The third-order valence-electron chi connectivity index (χ3n) is 3.81. The summed E-state index contributed by atoms with van der Waals surface area (Å²) in [5.74, 6) is 0.285. The fourth-order valence-corrected chi connectivity index (χ4v) is 2.57. The van der Waals surface area contributed by atoms with E-state index in [0.717, 1.165) is 6.42 Å². The third kappa shape index (κ3) is 1.83. The summed E-state index contributed by atoms with van der Waals surface area (Å²) in [6.45, 7) is 3.63.